The number of nitrogen functional groups attached to an aromatic ring is 1. The largest absolute Gasteiger partial charge is 0.478 e. The summed E-state index contributed by atoms with van der Waals surface area (Å²) in [6.07, 6.45) is 8.25. The molecule has 0 unspecified atom stereocenters. The number of carbonyl (C=O) groups is 1. The van der Waals surface area contributed by atoms with Crippen LogP contribution in [0, 0.1) is 5.82 Å². The van der Waals surface area contributed by atoms with Crippen molar-refractivity contribution in [2.75, 3.05) is 35.2 Å². The molecule has 2 heterocycles. The van der Waals surface area contributed by atoms with Gasteiger partial charge < -0.3 is 20.6 Å². The van der Waals surface area contributed by atoms with Crippen molar-refractivity contribution in [1.82, 2.24) is 0 Å². The van der Waals surface area contributed by atoms with Gasteiger partial charge in [0.05, 0.1) is 22.6 Å². The molecule has 3 rings (SSSR count). The number of rotatable bonds is 3. The molecule has 2 aliphatic rings. The molecule has 0 bridgehead atoms. The van der Waals surface area contributed by atoms with E-state index >= 15 is 0 Å². The molecule has 2 aliphatic heterocycles. The predicted octanol–water partition coefficient (Wildman–Crippen LogP) is 2.74. The highest BCUT2D eigenvalue weighted by atomic mass is 19.1. The lowest BCUT2D eigenvalue weighted by atomic mass is 10.1. The summed E-state index contributed by atoms with van der Waals surface area (Å²) >= 11 is 0. The van der Waals surface area contributed by atoms with Gasteiger partial charge in [-0.3, -0.25) is 0 Å². The van der Waals surface area contributed by atoms with Gasteiger partial charge >= 0.3 is 5.97 Å². The Labute approximate surface area is 134 Å². The number of hydrogen-bond donors (Lipinski definition) is 2. The van der Waals surface area contributed by atoms with Gasteiger partial charge in [-0.1, -0.05) is 6.08 Å². The molecule has 1 aromatic rings. The number of hydrogen-bond acceptors (Lipinski definition) is 4. The van der Waals surface area contributed by atoms with E-state index in [-0.39, 0.29) is 11.3 Å². The quantitative estimate of drug-likeness (QED) is 0.839. The molecule has 1 saturated heterocycles. The Kier molecular flexibility index (Phi) is 4.23. The number of piperidine rings is 1. The highest BCUT2D eigenvalue weighted by molar-refractivity contribution is 5.91. The highest BCUT2D eigenvalue weighted by Crippen LogP contribution is 2.36. The Bertz CT molecular complexity index is 679. The van der Waals surface area contributed by atoms with E-state index in [1.54, 1.807) is 18.3 Å². The third-order valence-corrected chi connectivity index (χ3v) is 4.29. The standard InChI is InChI=1S/C17H20FN3O2/c18-13-10-15(21-8-4-12(5-9-21)17(22)23)16(11-14(13)19)20-6-2-1-3-7-20/h4-5,8,10-11H,1-3,6-7,9,19H2,(H,22,23). The van der Waals surface area contributed by atoms with Crippen molar-refractivity contribution in [1.29, 1.82) is 0 Å². The first-order valence-corrected chi connectivity index (χ1v) is 7.78. The highest BCUT2D eigenvalue weighted by Gasteiger charge is 2.21. The molecule has 6 heteroatoms. The van der Waals surface area contributed by atoms with Crippen molar-refractivity contribution in [2.45, 2.75) is 19.3 Å². The first-order chi connectivity index (χ1) is 11.1. The molecule has 0 saturated carbocycles. The van der Waals surface area contributed by atoms with E-state index < -0.39 is 11.8 Å². The van der Waals surface area contributed by atoms with E-state index in [9.17, 15) is 9.18 Å². The van der Waals surface area contributed by atoms with E-state index in [1.807, 2.05) is 4.90 Å². The van der Waals surface area contributed by atoms with Crippen LogP contribution in [-0.4, -0.2) is 30.7 Å². The van der Waals surface area contributed by atoms with E-state index in [2.05, 4.69) is 4.90 Å². The fourth-order valence-corrected chi connectivity index (χ4v) is 3.02. The van der Waals surface area contributed by atoms with Gasteiger partial charge in [-0.2, -0.15) is 0 Å². The lowest BCUT2D eigenvalue weighted by Crippen LogP contribution is -2.32. The molecule has 1 fully saturated rings. The van der Waals surface area contributed by atoms with Crippen LogP contribution in [0.15, 0.2) is 36.1 Å². The van der Waals surface area contributed by atoms with Crippen molar-refractivity contribution in [2.24, 2.45) is 0 Å². The van der Waals surface area contributed by atoms with Gasteiger partial charge in [-0.15, -0.1) is 0 Å². The van der Waals surface area contributed by atoms with Crippen LogP contribution in [-0.2, 0) is 4.79 Å². The average molecular weight is 317 g/mol. The second-order valence-corrected chi connectivity index (χ2v) is 5.84. The monoisotopic (exact) mass is 317 g/mol. The minimum Gasteiger partial charge on any atom is -0.478 e. The number of carboxylic acids is 1. The second kappa shape index (κ2) is 6.32. The molecule has 3 N–H and O–H groups in total. The molecule has 0 aliphatic carbocycles. The summed E-state index contributed by atoms with van der Waals surface area (Å²) in [4.78, 5) is 15.1. The predicted molar refractivity (Wildman–Crippen MR) is 89.1 cm³/mol. The van der Waals surface area contributed by atoms with Gasteiger partial charge in [0.1, 0.15) is 5.82 Å². The van der Waals surface area contributed by atoms with Crippen molar-refractivity contribution in [3.05, 3.63) is 41.9 Å². The van der Waals surface area contributed by atoms with Crippen LogP contribution in [0.1, 0.15) is 19.3 Å². The van der Waals surface area contributed by atoms with E-state index in [4.69, 9.17) is 10.8 Å². The number of aliphatic carboxylic acids is 1. The number of carboxylic acid groups (broad SMARTS) is 1. The number of nitrogens with two attached hydrogens (primary N) is 1. The van der Waals surface area contributed by atoms with Gasteiger partial charge in [0.15, 0.2) is 0 Å². The van der Waals surface area contributed by atoms with Crippen LogP contribution in [0.3, 0.4) is 0 Å². The van der Waals surface area contributed by atoms with Gasteiger partial charge in [0.25, 0.3) is 0 Å². The lowest BCUT2D eigenvalue weighted by Gasteiger charge is -2.34. The number of anilines is 3. The third kappa shape index (κ3) is 3.16. The van der Waals surface area contributed by atoms with Gasteiger partial charge in [-0.05, 0) is 31.4 Å². The zero-order chi connectivity index (χ0) is 16.4. The normalized spacial score (nSPS) is 18.0. The van der Waals surface area contributed by atoms with Crippen LogP contribution in [0.25, 0.3) is 0 Å². The number of nitrogens with zero attached hydrogens (tertiary/aromatic N) is 2. The Morgan fingerprint density at radius 2 is 1.91 bits per heavy atom. The molecular formula is C17H20FN3O2. The van der Waals surface area contributed by atoms with Gasteiger partial charge in [-0.25, -0.2) is 9.18 Å². The first-order valence-electron chi connectivity index (χ1n) is 7.78. The lowest BCUT2D eigenvalue weighted by molar-refractivity contribution is -0.132. The topological polar surface area (TPSA) is 69.8 Å². The van der Waals surface area contributed by atoms with Crippen LogP contribution >= 0.6 is 0 Å². The summed E-state index contributed by atoms with van der Waals surface area (Å²) in [5.41, 5.74) is 7.76. The molecular weight excluding hydrogens is 297 g/mol. The second-order valence-electron chi connectivity index (χ2n) is 5.84. The maximum atomic E-state index is 14.0. The number of halogens is 1. The van der Waals surface area contributed by atoms with Crippen LogP contribution in [0.2, 0.25) is 0 Å². The molecule has 0 amide bonds. The molecule has 0 atom stereocenters. The van der Waals surface area contributed by atoms with Gasteiger partial charge in [0.2, 0.25) is 0 Å². The Hall–Kier alpha value is -2.50. The first kappa shape index (κ1) is 15.4. The summed E-state index contributed by atoms with van der Waals surface area (Å²) < 4.78 is 14.0. The maximum absolute atomic E-state index is 14.0. The van der Waals surface area contributed by atoms with Crippen LogP contribution in [0.5, 0.6) is 0 Å². The van der Waals surface area contributed by atoms with Crippen LogP contribution in [0.4, 0.5) is 21.5 Å². The summed E-state index contributed by atoms with van der Waals surface area (Å²) in [5.74, 6) is -1.41. The van der Waals surface area contributed by atoms with Crippen molar-refractivity contribution in [3.63, 3.8) is 0 Å². The van der Waals surface area contributed by atoms with Crippen molar-refractivity contribution in [3.8, 4) is 0 Å². The summed E-state index contributed by atoms with van der Waals surface area (Å²) in [7, 11) is 0. The van der Waals surface area contributed by atoms with Crippen molar-refractivity contribution >= 4 is 23.0 Å². The molecule has 122 valence electrons. The third-order valence-electron chi connectivity index (χ3n) is 4.29. The Balaban J connectivity index is 1.93. The van der Waals surface area contributed by atoms with Crippen molar-refractivity contribution < 1.29 is 14.3 Å². The van der Waals surface area contributed by atoms with E-state index in [1.165, 1.54) is 18.6 Å². The fraction of sp³-hybridized carbons (Fsp3) is 0.353. The minimum absolute atomic E-state index is 0.136. The smallest absolute Gasteiger partial charge is 0.335 e. The molecule has 0 spiro atoms. The van der Waals surface area contributed by atoms with Crippen LogP contribution < -0.4 is 15.5 Å². The minimum atomic E-state index is -0.958. The molecule has 0 aromatic heterocycles. The Morgan fingerprint density at radius 3 is 2.52 bits per heavy atom. The summed E-state index contributed by atoms with van der Waals surface area (Å²) in [6, 6.07) is 3.11. The SMILES string of the molecule is Nc1cc(N2CCCCC2)c(N2C=CC(C(=O)O)=CC2)cc1F. The molecule has 23 heavy (non-hydrogen) atoms. The summed E-state index contributed by atoms with van der Waals surface area (Å²) in [6.45, 7) is 2.24. The van der Waals surface area contributed by atoms with E-state index in [0.717, 1.165) is 37.3 Å². The maximum Gasteiger partial charge on any atom is 0.335 e. The zero-order valence-corrected chi connectivity index (χ0v) is 12.8. The molecule has 0 radical (unpaired) electrons. The summed E-state index contributed by atoms with van der Waals surface area (Å²) in [5, 5.41) is 9.01. The number of benzene rings is 1. The zero-order valence-electron chi connectivity index (χ0n) is 12.8. The molecule has 5 nitrogen and oxygen atoms in total. The van der Waals surface area contributed by atoms with Gasteiger partial charge in [0, 0.05) is 31.9 Å². The Morgan fingerprint density at radius 1 is 1.17 bits per heavy atom. The fourth-order valence-electron chi connectivity index (χ4n) is 3.02. The molecule has 1 aromatic carbocycles. The average Bonchev–Trinajstić information content (AvgIpc) is 2.58. The van der Waals surface area contributed by atoms with E-state index in [0.29, 0.717) is 6.54 Å².